The van der Waals surface area contributed by atoms with Crippen LogP contribution in [0.25, 0.3) is 0 Å². The predicted molar refractivity (Wildman–Crippen MR) is 62.8 cm³/mol. The van der Waals surface area contributed by atoms with Gasteiger partial charge in [0.05, 0.1) is 7.11 Å². The zero-order valence-electron chi connectivity index (χ0n) is 9.53. The largest absolute Gasteiger partial charge is 0.493 e. The smallest absolute Gasteiger partial charge is 0.186 e. The Morgan fingerprint density at radius 3 is 2.59 bits per heavy atom. The third-order valence-electron chi connectivity index (χ3n) is 3.13. The van der Waals surface area contributed by atoms with Crippen LogP contribution in [0.15, 0.2) is 6.07 Å². The second-order valence-electron chi connectivity index (χ2n) is 4.13. The summed E-state index contributed by atoms with van der Waals surface area (Å²) in [6.07, 6.45) is 1.69. The van der Waals surface area contributed by atoms with Crippen molar-refractivity contribution < 1.29 is 13.5 Å². The summed E-state index contributed by atoms with van der Waals surface area (Å²) < 4.78 is 32.3. The van der Waals surface area contributed by atoms with Crippen LogP contribution in [0, 0.1) is 11.6 Å². The van der Waals surface area contributed by atoms with E-state index < -0.39 is 16.7 Å². The molecule has 1 aliphatic rings. The van der Waals surface area contributed by atoms with Gasteiger partial charge in [-0.3, -0.25) is 0 Å². The van der Waals surface area contributed by atoms with Crippen molar-refractivity contribution in [3.8, 4) is 5.75 Å². The molecule has 1 aromatic carbocycles. The number of hydrogen-bond donors (Lipinski definition) is 1. The molecule has 0 aliphatic carbocycles. The lowest BCUT2D eigenvalue weighted by molar-refractivity contribution is 0.365. The molecular formula is C12H14ClF2NO. The molecule has 1 fully saturated rings. The molecule has 2 nitrogen and oxygen atoms in total. The van der Waals surface area contributed by atoms with Gasteiger partial charge in [-0.1, -0.05) is 11.6 Å². The molecule has 0 spiro atoms. The standard InChI is InChI=1S/C12H14ClF2NO/c1-17-12-8(7-2-4-16-5-3-7)6-9(14)10(13)11(12)15/h6-7,16H,2-5H2,1H3. The molecule has 2 rings (SSSR count). The van der Waals surface area contributed by atoms with E-state index in [-0.39, 0.29) is 11.7 Å². The summed E-state index contributed by atoms with van der Waals surface area (Å²) in [5.41, 5.74) is 0.577. The quantitative estimate of drug-likeness (QED) is 0.826. The topological polar surface area (TPSA) is 21.3 Å². The van der Waals surface area contributed by atoms with Crippen molar-refractivity contribution >= 4 is 11.6 Å². The SMILES string of the molecule is COc1c(C2CCNCC2)cc(F)c(Cl)c1F. The molecule has 1 saturated heterocycles. The van der Waals surface area contributed by atoms with Gasteiger partial charge < -0.3 is 10.1 Å². The molecule has 0 saturated carbocycles. The molecule has 1 N–H and O–H groups in total. The molecule has 5 heteroatoms. The molecule has 0 radical (unpaired) electrons. The van der Waals surface area contributed by atoms with Gasteiger partial charge >= 0.3 is 0 Å². The Hall–Kier alpha value is -0.870. The Morgan fingerprint density at radius 1 is 1.35 bits per heavy atom. The number of rotatable bonds is 2. The summed E-state index contributed by atoms with van der Waals surface area (Å²) in [7, 11) is 1.37. The van der Waals surface area contributed by atoms with Crippen molar-refractivity contribution in [1.82, 2.24) is 5.32 Å². The fraction of sp³-hybridized carbons (Fsp3) is 0.500. The average Bonchev–Trinajstić information content (AvgIpc) is 2.36. The van der Waals surface area contributed by atoms with Gasteiger partial charge in [0.15, 0.2) is 11.6 Å². The minimum atomic E-state index is -0.803. The van der Waals surface area contributed by atoms with Gasteiger partial charge in [-0.25, -0.2) is 8.78 Å². The summed E-state index contributed by atoms with van der Waals surface area (Å²) in [5.74, 6) is -1.34. The third-order valence-corrected chi connectivity index (χ3v) is 3.48. The molecule has 17 heavy (non-hydrogen) atoms. The summed E-state index contributed by atoms with van der Waals surface area (Å²) in [6.45, 7) is 1.69. The highest BCUT2D eigenvalue weighted by atomic mass is 35.5. The minimum Gasteiger partial charge on any atom is -0.493 e. The van der Waals surface area contributed by atoms with Crippen LogP contribution in [0.3, 0.4) is 0 Å². The monoisotopic (exact) mass is 261 g/mol. The average molecular weight is 262 g/mol. The number of nitrogens with one attached hydrogen (secondary N) is 1. The molecule has 1 aromatic rings. The number of ether oxygens (including phenoxy) is 1. The highest BCUT2D eigenvalue weighted by Gasteiger charge is 2.24. The molecular weight excluding hydrogens is 248 g/mol. The van der Waals surface area contributed by atoms with Crippen LogP contribution in [0.5, 0.6) is 5.75 Å². The Kier molecular flexibility index (Phi) is 3.84. The zero-order valence-corrected chi connectivity index (χ0v) is 10.3. The highest BCUT2D eigenvalue weighted by molar-refractivity contribution is 6.31. The maximum atomic E-state index is 13.8. The Labute approximate surface area is 104 Å². The van der Waals surface area contributed by atoms with Crippen molar-refractivity contribution in [1.29, 1.82) is 0 Å². The van der Waals surface area contributed by atoms with E-state index in [1.165, 1.54) is 13.2 Å². The predicted octanol–water partition coefficient (Wildman–Crippen LogP) is 3.09. The number of hydrogen-bond acceptors (Lipinski definition) is 2. The van der Waals surface area contributed by atoms with E-state index in [9.17, 15) is 8.78 Å². The molecule has 1 heterocycles. The van der Waals surface area contributed by atoms with Crippen LogP contribution in [0.2, 0.25) is 5.02 Å². The van der Waals surface area contributed by atoms with Crippen LogP contribution < -0.4 is 10.1 Å². The first-order valence-electron chi connectivity index (χ1n) is 5.57. The zero-order chi connectivity index (χ0) is 12.4. The maximum absolute atomic E-state index is 13.8. The second-order valence-corrected chi connectivity index (χ2v) is 4.51. The maximum Gasteiger partial charge on any atom is 0.186 e. The van der Waals surface area contributed by atoms with Crippen LogP contribution >= 0.6 is 11.6 Å². The summed E-state index contributed by atoms with van der Waals surface area (Å²) in [4.78, 5) is 0. The molecule has 1 aliphatic heterocycles. The van der Waals surface area contributed by atoms with Crippen molar-refractivity contribution in [2.24, 2.45) is 0 Å². The van der Waals surface area contributed by atoms with E-state index in [0.717, 1.165) is 25.9 Å². The lowest BCUT2D eigenvalue weighted by Gasteiger charge is -2.25. The van der Waals surface area contributed by atoms with E-state index >= 15 is 0 Å². The van der Waals surface area contributed by atoms with Gasteiger partial charge in [0.25, 0.3) is 0 Å². The van der Waals surface area contributed by atoms with E-state index in [4.69, 9.17) is 16.3 Å². The molecule has 0 unspecified atom stereocenters. The van der Waals surface area contributed by atoms with Gasteiger partial charge in [0, 0.05) is 5.56 Å². The molecule has 0 atom stereocenters. The molecule has 0 amide bonds. The molecule has 94 valence electrons. The third kappa shape index (κ3) is 2.38. The Bertz CT molecular complexity index is 419. The van der Waals surface area contributed by atoms with Crippen LogP contribution in [0.1, 0.15) is 24.3 Å². The van der Waals surface area contributed by atoms with Crippen molar-refractivity contribution in [2.75, 3.05) is 20.2 Å². The van der Waals surface area contributed by atoms with E-state index in [1.54, 1.807) is 0 Å². The Morgan fingerprint density at radius 2 is 2.00 bits per heavy atom. The van der Waals surface area contributed by atoms with Crippen molar-refractivity contribution in [2.45, 2.75) is 18.8 Å². The van der Waals surface area contributed by atoms with E-state index in [2.05, 4.69) is 5.32 Å². The van der Waals surface area contributed by atoms with Crippen molar-refractivity contribution in [3.05, 3.63) is 28.3 Å². The van der Waals surface area contributed by atoms with Crippen LogP contribution in [0.4, 0.5) is 8.78 Å². The summed E-state index contributed by atoms with van der Waals surface area (Å²) >= 11 is 5.53. The first-order chi connectivity index (χ1) is 8.15. The van der Waals surface area contributed by atoms with Crippen LogP contribution in [-0.2, 0) is 0 Å². The number of methoxy groups -OCH3 is 1. The molecule has 0 aromatic heterocycles. The normalized spacial score (nSPS) is 17.2. The molecule has 0 bridgehead atoms. The summed E-state index contributed by atoms with van der Waals surface area (Å²) in [6, 6.07) is 1.29. The fourth-order valence-electron chi connectivity index (χ4n) is 2.24. The van der Waals surface area contributed by atoms with E-state index in [1.807, 2.05) is 0 Å². The van der Waals surface area contributed by atoms with Gasteiger partial charge in [0.2, 0.25) is 0 Å². The fourth-order valence-corrected chi connectivity index (χ4v) is 2.38. The highest BCUT2D eigenvalue weighted by Crippen LogP contribution is 2.38. The first kappa shape index (κ1) is 12.6. The van der Waals surface area contributed by atoms with Crippen LogP contribution in [-0.4, -0.2) is 20.2 Å². The van der Waals surface area contributed by atoms with E-state index in [0.29, 0.717) is 5.56 Å². The van der Waals surface area contributed by atoms with Crippen molar-refractivity contribution in [3.63, 3.8) is 0 Å². The minimum absolute atomic E-state index is 0.0725. The first-order valence-corrected chi connectivity index (χ1v) is 5.95. The number of piperidine rings is 1. The van der Waals surface area contributed by atoms with Gasteiger partial charge in [-0.2, -0.15) is 0 Å². The second kappa shape index (κ2) is 5.19. The number of benzene rings is 1. The van der Waals surface area contributed by atoms with Gasteiger partial charge in [-0.05, 0) is 37.9 Å². The lowest BCUT2D eigenvalue weighted by atomic mass is 9.89. The Balaban J connectivity index is 2.44. The van der Waals surface area contributed by atoms with Gasteiger partial charge in [-0.15, -0.1) is 0 Å². The lowest BCUT2D eigenvalue weighted by Crippen LogP contribution is -2.27. The number of halogens is 3. The summed E-state index contributed by atoms with van der Waals surface area (Å²) in [5, 5.41) is 2.71. The van der Waals surface area contributed by atoms with Gasteiger partial charge in [0.1, 0.15) is 10.8 Å².